The molecule has 2 aromatic rings. The van der Waals surface area contributed by atoms with Gasteiger partial charge < -0.3 is 19.9 Å². The fourth-order valence-electron chi connectivity index (χ4n) is 4.58. The molecule has 0 fully saturated rings. The van der Waals surface area contributed by atoms with Crippen LogP contribution in [-0.4, -0.2) is 49.4 Å². The van der Waals surface area contributed by atoms with Crippen LogP contribution in [-0.2, 0) is 34.5 Å². The Balaban J connectivity index is 1.72. The Hall–Kier alpha value is -4.45. The van der Waals surface area contributed by atoms with Gasteiger partial charge in [-0.1, -0.05) is 30.3 Å². The van der Waals surface area contributed by atoms with Crippen molar-refractivity contribution in [3.63, 3.8) is 0 Å². The number of fused-ring (bicyclic) bond motifs is 2. The third-order valence-electron chi connectivity index (χ3n) is 6.41. The Morgan fingerprint density at radius 2 is 1.88 bits per heavy atom. The first-order valence-electron chi connectivity index (χ1n) is 12.8. The Labute approximate surface area is 238 Å². The topological polar surface area (TPSA) is 160 Å². The van der Waals surface area contributed by atoms with Crippen LogP contribution in [0.25, 0.3) is 5.76 Å². The van der Waals surface area contributed by atoms with Crippen molar-refractivity contribution in [1.29, 1.82) is 0 Å². The summed E-state index contributed by atoms with van der Waals surface area (Å²) in [6.07, 6.45) is 2.03. The summed E-state index contributed by atoms with van der Waals surface area (Å²) < 4.78 is 40.5. The summed E-state index contributed by atoms with van der Waals surface area (Å²) in [7, 11) is -4.37. The number of nitrogens with zero attached hydrogens (tertiary/aromatic N) is 1. The van der Waals surface area contributed by atoms with E-state index in [1.807, 2.05) is 0 Å². The Kier molecular flexibility index (Phi) is 7.81. The van der Waals surface area contributed by atoms with Crippen molar-refractivity contribution in [2.75, 3.05) is 17.2 Å². The second-order valence-electron chi connectivity index (χ2n) is 10.7. The maximum atomic E-state index is 14.0. The molecular formula is C29H31N3O8S. The maximum Gasteiger partial charge on any atom is 0.412 e. The predicted octanol–water partition coefficient (Wildman–Crippen LogP) is 4.87. The fourth-order valence-corrected chi connectivity index (χ4v) is 5.73. The van der Waals surface area contributed by atoms with Crippen LogP contribution < -0.4 is 10.6 Å². The van der Waals surface area contributed by atoms with E-state index in [9.17, 15) is 27.9 Å². The molecule has 1 amide bonds. The van der Waals surface area contributed by atoms with Gasteiger partial charge in [-0.25, -0.2) is 9.59 Å². The number of hydrogen-bond donors (Lipinski definition) is 3. The van der Waals surface area contributed by atoms with Gasteiger partial charge in [0.2, 0.25) is 0 Å². The standard InChI is InChI=1S/C29H31N3O8S/c1-6-39-22(33)12-9-15-29(5)19-11-8-7-10-18(19)24(34)23(25(29)35)26-31-20-14-13-17(16-21(20)41(37,38)32-26)30-27(36)40-28(2,3)4/h7-14,16,34H,6,15H2,1-5H3,(H,30,36)(H,31,32)/b12-9+. The van der Waals surface area contributed by atoms with Gasteiger partial charge in [0.05, 0.1) is 17.7 Å². The van der Waals surface area contributed by atoms with Gasteiger partial charge in [-0.2, -0.15) is 8.42 Å². The molecule has 2 aromatic carbocycles. The van der Waals surface area contributed by atoms with Gasteiger partial charge >= 0.3 is 12.1 Å². The van der Waals surface area contributed by atoms with Crippen molar-refractivity contribution < 1.29 is 37.4 Å². The third kappa shape index (κ3) is 6.02. The number of carbonyl (C=O) groups is 3. The maximum absolute atomic E-state index is 14.0. The zero-order valence-electron chi connectivity index (χ0n) is 23.3. The second-order valence-corrected chi connectivity index (χ2v) is 12.2. The SMILES string of the molecule is CCOC(=O)/C=C/CC1(C)C(=O)C(C2=NS(=O)(=O)c3cc(NC(=O)OC(C)(C)C)ccc3N2)=C(O)c2ccccc21. The molecule has 0 aromatic heterocycles. The quantitative estimate of drug-likeness (QED) is 0.319. The Morgan fingerprint density at radius 3 is 2.56 bits per heavy atom. The van der Waals surface area contributed by atoms with Crippen LogP contribution in [0.2, 0.25) is 0 Å². The summed E-state index contributed by atoms with van der Waals surface area (Å²) in [4.78, 5) is 37.8. The highest BCUT2D eigenvalue weighted by molar-refractivity contribution is 7.90. The van der Waals surface area contributed by atoms with Crippen LogP contribution in [0.4, 0.5) is 16.2 Å². The lowest BCUT2D eigenvalue weighted by molar-refractivity contribution is -0.137. The van der Waals surface area contributed by atoms with Gasteiger partial charge in [-0.3, -0.25) is 10.1 Å². The number of amidine groups is 1. The Morgan fingerprint density at radius 1 is 1.17 bits per heavy atom. The van der Waals surface area contributed by atoms with Crippen molar-refractivity contribution in [3.8, 4) is 0 Å². The van der Waals surface area contributed by atoms with Crippen LogP contribution >= 0.6 is 0 Å². The van der Waals surface area contributed by atoms with E-state index in [-0.39, 0.29) is 40.7 Å². The van der Waals surface area contributed by atoms with Crippen molar-refractivity contribution in [2.24, 2.45) is 4.40 Å². The molecule has 1 heterocycles. The number of hydrogen-bond acceptors (Lipinski definition) is 9. The molecule has 0 bridgehead atoms. The summed E-state index contributed by atoms with van der Waals surface area (Å²) >= 11 is 0. The van der Waals surface area contributed by atoms with Gasteiger partial charge in [-0.15, -0.1) is 4.40 Å². The van der Waals surface area contributed by atoms with E-state index in [1.54, 1.807) is 58.9 Å². The molecule has 2 aliphatic rings. The first-order valence-corrected chi connectivity index (χ1v) is 14.3. The molecule has 1 atom stereocenters. The summed E-state index contributed by atoms with van der Waals surface area (Å²) in [5.74, 6) is -1.92. The number of sulfonamides is 1. The van der Waals surface area contributed by atoms with E-state index in [0.29, 0.717) is 11.1 Å². The van der Waals surface area contributed by atoms with Crippen molar-refractivity contribution >= 4 is 50.8 Å². The average Bonchev–Trinajstić information content (AvgIpc) is 2.87. The smallest absolute Gasteiger partial charge is 0.412 e. The molecule has 12 heteroatoms. The first kappa shape index (κ1) is 29.5. The predicted molar refractivity (Wildman–Crippen MR) is 153 cm³/mol. The van der Waals surface area contributed by atoms with Crippen LogP contribution in [0.3, 0.4) is 0 Å². The molecular weight excluding hydrogens is 550 g/mol. The number of anilines is 2. The molecule has 216 valence electrons. The minimum Gasteiger partial charge on any atom is -0.506 e. The number of ketones is 1. The van der Waals surface area contributed by atoms with Crippen LogP contribution in [0.15, 0.2) is 69.5 Å². The van der Waals surface area contributed by atoms with E-state index < -0.39 is 44.6 Å². The van der Waals surface area contributed by atoms with E-state index in [4.69, 9.17) is 9.47 Å². The van der Waals surface area contributed by atoms with Crippen LogP contribution in [0, 0.1) is 0 Å². The number of allylic oxidation sites excluding steroid dienone is 1. The van der Waals surface area contributed by atoms with Crippen LogP contribution in [0.5, 0.6) is 0 Å². The molecule has 0 radical (unpaired) electrons. The van der Waals surface area contributed by atoms with Gasteiger partial charge in [-0.05, 0) is 64.8 Å². The minimum atomic E-state index is -4.37. The average molecular weight is 582 g/mol. The number of Topliss-reactive ketones (excluding diaryl/α,β-unsaturated/α-hetero) is 1. The number of nitrogens with one attached hydrogen (secondary N) is 2. The van der Waals surface area contributed by atoms with E-state index >= 15 is 0 Å². The van der Waals surface area contributed by atoms with Gasteiger partial charge in [0.15, 0.2) is 11.6 Å². The number of carbonyl (C=O) groups excluding carboxylic acids is 3. The number of aliphatic hydroxyl groups excluding tert-OH is 1. The molecule has 0 saturated heterocycles. The molecule has 0 saturated carbocycles. The third-order valence-corrected chi connectivity index (χ3v) is 7.73. The molecule has 0 spiro atoms. The number of aliphatic hydroxyl groups is 1. The lowest BCUT2D eigenvalue weighted by atomic mass is 9.67. The number of rotatable bonds is 6. The van der Waals surface area contributed by atoms with Gasteiger partial charge in [0.25, 0.3) is 10.0 Å². The molecule has 1 unspecified atom stereocenters. The van der Waals surface area contributed by atoms with Crippen molar-refractivity contribution in [1.82, 2.24) is 0 Å². The lowest BCUT2D eigenvalue weighted by Crippen LogP contribution is -2.42. The molecule has 3 N–H and O–H groups in total. The highest BCUT2D eigenvalue weighted by Gasteiger charge is 2.46. The summed E-state index contributed by atoms with van der Waals surface area (Å²) in [5.41, 5.74) is -1.23. The minimum absolute atomic E-state index is 0.0642. The molecule has 1 aliphatic carbocycles. The van der Waals surface area contributed by atoms with Crippen molar-refractivity contribution in [3.05, 3.63) is 71.3 Å². The van der Waals surface area contributed by atoms with E-state index in [0.717, 1.165) is 0 Å². The largest absolute Gasteiger partial charge is 0.506 e. The normalized spacial score (nSPS) is 19.5. The van der Waals surface area contributed by atoms with E-state index in [2.05, 4.69) is 15.0 Å². The second kappa shape index (κ2) is 10.8. The summed E-state index contributed by atoms with van der Waals surface area (Å²) in [5, 5.41) is 16.5. The number of amides is 1. The lowest BCUT2D eigenvalue weighted by Gasteiger charge is -2.35. The molecule has 4 rings (SSSR count). The highest BCUT2D eigenvalue weighted by atomic mass is 32.2. The zero-order valence-corrected chi connectivity index (χ0v) is 24.1. The molecule has 1 aliphatic heterocycles. The van der Waals surface area contributed by atoms with Gasteiger partial charge in [0.1, 0.15) is 21.8 Å². The highest BCUT2D eigenvalue weighted by Crippen LogP contribution is 2.43. The fraction of sp³-hybridized carbons (Fsp3) is 0.310. The first-order chi connectivity index (χ1) is 19.2. The number of ether oxygens (including phenoxy) is 2. The van der Waals surface area contributed by atoms with Crippen LogP contribution in [0.1, 0.15) is 52.2 Å². The molecule has 41 heavy (non-hydrogen) atoms. The summed E-state index contributed by atoms with van der Waals surface area (Å²) in [6.45, 7) is 8.61. The molecule has 11 nitrogen and oxygen atoms in total. The van der Waals surface area contributed by atoms with Gasteiger partial charge in [0, 0.05) is 17.3 Å². The monoisotopic (exact) mass is 581 g/mol. The van der Waals surface area contributed by atoms with E-state index in [1.165, 1.54) is 30.4 Å². The summed E-state index contributed by atoms with van der Waals surface area (Å²) in [6, 6.07) is 10.8. The van der Waals surface area contributed by atoms with Crippen molar-refractivity contribution in [2.45, 2.75) is 57.0 Å². The number of benzene rings is 2. The number of esters is 1. The Bertz CT molecular complexity index is 1630. The zero-order chi connectivity index (χ0) is 30.2.